The summed E-state index contributed by atoms with van der Waals surface area (Å²) in [6, 6.07) is 4.38. The first kappa shape index (κ1) is 13.6. The van der Waals surface area contributed by atoms with Crippen LogP contribution in [0.4, 0.5) is 13.2 Å². The van der Waals surface area contributed by atoms with Gasteiger partial charge in [-0.25, -0.2) is 9.48 Å². The van der Waals surface area contributed by atoms with E-state index in [-0.39, 0.29) is 15.7 Å². The van der Waals surface area contributed by atoms with Crippen LogP contribution in [0.25, 0.3) is 5.69 Å². The molecule has 0 saturated carbocycles. The van der Waals surface area contributed by atoms with Crippen molar-refractivity contribution in [2.45, 2.75) is 6.18 Å². The van der Waals surface area contributed by atoms with E-state index in [0.717, 1.165) is 10.9 Å². The Kier molecular flexibility index (Phi) is 3.36. The molecule has 0 atom stereocenters. The highest BCUT2D eigenvalue weighted by atomic mass is 79.9. The molecule has 2 aromatic rings. The van der Waals surface area contributed by atoms with Crippen molar-refractivity contribution < 1.29 is 23.1 Å². The summed E-state index contributed by atoms with van der Waals surface area (Å²) in [5.41, 5.74) is -1.04. The Morgan fingerprint density at radius 2 is 2.05 bits per heavy atom. The Morgan fingerprint density at radius 1 is 1.37 bits per heavy atom. The highest BCUT2D eigenvalue weighted by Gasteiger charge is 2.32. The molecular weight excluding hydrogens is 329 g/mol. The van der Waals surface area contributed by atoms with Gasteiger partial charge in [-0.3, -0.25) is 0 Å². The number of halogens is 4. The Bertz CT molecular complexity index is 637. The fourth-order valence-corrected chi connectivity index (χ4v) is 2.04. The molecule has 0 fully saturated rings. The fraction of sp³-hybridized carbons (Fsp3) is 0.0909. The van der Waals surface area contributed by atoms with Crippen LogP contribution in [0.1, 0.15) is 15.9 Å². The van der Waals surface area contributed by atoms with Crippen LogP contribution in [0.3, 0.4) is 0 Å². The van der Waals surface area contributed by atoms with Crippen molar-refractivity contribution in [2.75, 3.05) is 0 Å². The van der Waals surface area contributed by atoms with E-state index < -0.39 is 17.7 Å². The number of hydrogen-bond donors (Lipinski definition) is 1. The van der Waals surface area contributed by atoms with Crippen molar-refractivity contribution in [3.63, 3.8) is 0 Å². The zero-order chi connectivity index (χ0) is 14.2. The molecule has 0 aliphatic rings. The van der Waals surface area contributed by atoms with E-state index in [4.69, 9.17) is 5.11 Å². The van der Waals surface area contributed by atoms with Crippen molar-refractivity contribution in [3.8, 4) is 5.69 Å². The van der Waals surface area contributed by atoms with Crippen molar-refractivity contribution in [3.05, 3.63) is 46.2 Å². The summed E-state index contributed by atoms with van der Waals surface area (Å²) in [4.78, 5) is 11.1. The molecule has 1 aromatic carbocycles. The maximum absolute atomic E-state index is 12.5. The van der Waals surface area contributed by atoms with Crippen LogP contribution in [0.5, 0.6) is 0 Å². The normalized spacial score (nSPS) is 11.6. The predicted octanol–water partition coefficient (Wildman–Crippen LogP) is 3.35. The number of carboxylic acid groups (broad SMARTS) is 1. The predicted molar refractivity (Wildman–Crippen MR) is 63.2 cm³/mol. The molecule has 0 spiro atoms. The molecule has 0 aliphatic carbocycles. The van der Waals surface area contributed by atoms with Gasteiger partial charge < -0.3 is 5.11 Å². The number of carbonyl (C=O) groups is 1. The molecule has 0 bridgehead atoms. The molecule has 1 heterocycles. The highest BCUT2D eigenvalue weighted by Crippen LogP contribution is 2.30. The van der Waals surface area contributed by atoms with E-state index >= 15 is 0 Å². The van der Waals surface area contributed by atoms with Gasteiger partial charge in [0.25, 0.3) is 0 Å². The third-order valence-corrected chi connectivity index (χ3v) is 3.02. The van der Waals surface area contributed by atoms with Crippen LogP contribution in [0, 0.1) is 0 Å². The topological polar surface area (TPSA) is 55.1 Å². The average Bonchev–Trinajstić information content (AvgIpc) is 2.76. The van der Waals surface area contributed by atoms with Gasteiger partial charge in [-0.2, -0.15) is 18.3 Å². The molecule has 1 N–H and O–H groups in total. The number of hydrogen-bond acceptors (Lipinski definition) is 2. The van der Waals surface area contributed by atoms with Crippen LogP contribution < -0.4 is 0 Å². The van der Waals surface area contributed by atoms with E-state index in [9.17, 15) is 18.0 Å². The maximum Gasteiger partial charge on any atom is 0.419 e. The number of aromatic nitrogens is 2. The summed E-state index contributed by atoms with van der Waals surface area (Å²) in [7, 11) is 0. The van der Waals surface area contributed by atoms with E-state index in [1.165, 1.54) is 18.2 Å². The van der Waals surface area contributed by atoms with E-state index in [1.807, 2.05) is 0 Å². The molecule has 2 rings (SSSR count). The van der Waals surface area contributed by atoms with Crippen LogP contribution in [0.15, 0.2) is 35.1 Å². The Hall–Kier alpha value is -1.83. The lowest BCUT2D eigenvalue weighted by atomic mass is 10.2. The molecule has 0 saturated heterocycles. The van der Waals surface area contributed by atoms with Crippen LogP contribution in [0.2, 0.25) is 0 Å². The first-order chi connectivity index (χ1) is 8.80. The van der Waals surface area contributed by atoms with Crippen LogP contribution in [-0.4, -0.2) is 20.9 Å². The molecule has 100 valence electrons. The third kappa shape index (κ3) is 2.62. The van der Waals surface area contributed by atoms with Crippen LogP contribution in [-0.2, 0) is 6.18 Å². The minimum atomic E-state index is -4.52. The number of alkyl halides is 3. The summed E-state index contributed by atoms with van der Waals surface area (Å²) in [5.74, 6) is -1.26. The largest absolute Gasteiger partial charge is 0.478 e. The van der Waals surface area contributed by atoms with Gasteiger partial charge in [-0.15, -0.1) is 0 Å². The average molecular weight is 335 g/mol. The van der Waals surface area contributed by atoms with Gasteiger partial charge in [0, 0.05) is 10.7 Å². The van der Waals surface area contributed by atoms with Crippen molar-refractivity contribution in [1.82, 2.24) is 9.78 Å². The highest BCUT2D eigenvalue weighted by molar-refractivity contribution is 9.10. The standard InChI is InChI=1S/C11H6BrF3N2O2/c12-7-2-1-3-8(9(7)10(18)19)17-5-6(4-16-17)11(13,14)15/h1-5H,(H,18,19). The zero-order valence-electron chi connectivity index (χ0n) is 9.15. The molecule has 19 heavy (non-hydrogen) atoms. The summed E-state index contributed by atoms with van der Waals surface area (Å²) in [6.07, 6.45) is -3.13. The Balaban J connectivity index is 2.57. The van der Waals surface area contributed by atoms with Crippen LogP contribution >= 0.6 is 15.9 Å². The lowest BCUT2D eigenvalue weighted by Crippen LogP contribution is -2.07. The van der Waals surface area contributed by atoms with Gasteiger partial charge in [0.15, 0.2) is 0 Å². The van der Waals surface area contributed by atoms with E-state index in [0.29, 0.717) is 6.20 Å². The lowest BCUT2D eigenvalue weighted by molar-refractivity contribution is -0.137. The van der Waals surface area contributed by atoms with Gasteiger partial charge in [0.1, 0.15) is 0 Å². The second-order valence-corrected chi connectivity index (χ2v) is 4.46. The van der Waals surface area contributed by atoms with E-state index in [1.54, 1.807) is 0 Å². The van der Waals surface area contributed by atoms with Crippen molar-refractivity contribution in [1.29, 1.82) is 0 Å². The molecule has 0 amide bonds. The molecule has 4 nitrogen and oxygen atoms in total. The minimum Gasteiger partial charge on any atom is -0.478 e. The number of carboxylic acids is 1. The zero-order valence-corrected chi connectivity index (χ0v) is 10.7. The molecule has 0 unspecified atom stereocenters. The maximum atomic E-state index is 12.5. The number of aromatic carboxylic acids is 1. The first-order valence-corrected chi connectivity index (χ1v) is 5.74. The summed E-state index contributed by atoms with van der Waals surface area (Å²) in [6.45, 7) is 0. The second kappa shape index (κ2) is 4.69. The monoisotopic (exact) mass is 334 g/mol. The summed E-state index contributed by atoms with van der Waals surface area (Å²) >= 11 is 3.05. The quantitative estimate of drug-likeness (QED) is 0.916. The van der Waals surface area contributed by atoms with E-state index in [2.05, 4.69) is 21.0 Å². The van der Waals surface area contributed by atoms with Gasteiger partial charge >= 0.3 is 12.1 Å². The summed E-state index contributed by atoms with van der Waals surface area (Å²) < 4.78 is 38.6. The Morgan fingerprint density at radius 3 is 2.58 bits per heavy atom. The van der Waals surface area contributed by atoms with Crippen molar-refractivity contribution in [2.24, 2.45) is 0 Å². The lowest BCUT2D eigenvalue weighted by Gasteiger charge is -2.07. The fourth-order valence-electron chi connectivity index (χ4n) is 1.52. The van der Waals surface area contributed by atoms with Gasteiger partial charge in [-0.1, -0.05) is 6.07 Å². The first-order valence-electron chi connectivity index (χ1n) is 4.95. The number of rotatable bonds is 2. The molecule has 0 aliphatic heterocycles. The van der Waals surface area contributed by atoms with Gasteiger partial charge in [0.05, 0.1) is 23.0 Å². The molecule has 0 radical (unpaired) electrons. The Labute approximate surface area is 113 Å². The molecule has 8 heteroatoms. The smallest absolute Gasteiger partial charge is 0.419 e. The SMILES string of the molecule is O=C(O)c1c(Br)cccc1-n1cc(C(F)(F)F)cn1. The van der Waals surface area contributed by atoms with Gasteiger partial charge in [0.2, 0.25) is 0 Å². The van der Waals surface area contributed by atoms with Gasteiger partial charge in [-0.05, 0) is 28.1 Å². The number of nitrogens with zero attached hydrogens (tertiary/aromatic N) is 2. The number of benzene rings is 1. The van der Waals surface area contributed by atoms with Crippen molar-refractivity contribution >= 4 is 21.9 Å². The summed E-state index contributed by atoms with van der Waals surface area (Å²) in [5, 5.41) is 12.6. The second-order valence-electron chi connectivity index (χ2n) is 3.61. The minimum absolute atomic E-state index is 0.0531. The molecular formula is C11H6BrF3N2O2. The third-order valence-electron chi connectivity index (χ3n) is 2.36. The molecule has 1 aromatic heterocycles.